The van der Waals surface area contributed by atoms with Crippen molar-refractivity contribution in [3.63, 3.8) is 0 Å². The molecule has 0 aromatic heterocycles. The first-order valence-electron chi connectivity index (χ1n) is 14.4. The van der Waals surface area contributed by atoms with Gasteiger partial charge in [0.15, 0.2) is 11.5 Å². The molecule has 1 amide bonds. The van der Waals surface area contributed by atoms with E-state index >= 15 is 4.57 Å². The van der Waals surface area contributed by atoms with Crippen LogP contribution in [-0.2, 0) is 14.7 Å². The van der Waals surface area contributed by atoms with Crippen molar-refractivity contribution in [3.8, 4) is 11.5 Å². The van der Waals surface area contributed by atoms with Crippen molar-refractivity contribution in [2.45, 2.75) is 32.2 Å². The summed E-state index contributed by atoms with van der Waals surface area (Å²) in [6.07, 6.45) is 0. The zero-order chi connectivity index (χ0) is 32.7. The molecule has 3 aromatic rings. The molecule has 5 rings (SSSR count). The number of methoxy groups -OCH3 is 2. The van der Waals surface area contributed by atoms with Crippen molar-refractivity contribution in [1.82, 2.24) is 4.67 Å². The topological polar surface area (TPSA) is 136 Å². The molecule has 2 aliphatic heterocycles. The van der Waals surface area contributed by atoms with Crippen LogP contribution in [0.3, 0.4) is 0 Å². The summed E-state index contributed by atoms with van der Waals surface area (Å²) in [4.78, 5) is 26.9. The van der Waals surface area contributed by atoms with Crippen LogP contribution in [0.1, 0.15) is 36.7 Å². The van der Waals surface area contributed by atoms with Gasteiger partial charge >= 0.3 is 0 Å². The van der Waals surface area contributed by atoms with Gasteiger partial charge in [-0.05, 0) is 64.8 Å². The summed E-state index contributed by atoms with van der Waals surface area (Å²) in [6, 6.07) is 13.1. The van der Waals surface area contributed by atoms with Crippen molar-refractivity contribution in [2.24, 2.45) is 0 Å². The summed E-state index contributed by atoms with van der Waals surface area (Å²) in [7, 11) is 1.27. The fourth-order valence-corrected chi connectivity index (χ4v) is 9.00. The number of nitrogens with zero attached hydrogens (tertiary/aromatic N) is 3. The maximum atomic E-state index is 15.6. The van der Waals surface area contributed by atoms with E-state index in [1.807, 2.05) is 23.9 Å². The van der Waals surface area contributed by atoms with E-state index < -0.39 is 18.3 Å². The lowest BCUT2D eigenvalue weighted by atomic mass is 9.81. The molecule has 0 saturated carbocycles. The second kappa shape index (κ2) is 12.6. The van der Waals surface area contributed by atoms with Gasteiger partial charge in [0.25, 0.3) is 19.0 Å². The van der Waals surface area contributed by atoms with E-state index in [4.69, 9.17) is 14.2 Å². The van der Waals surface area contributed by atoms with Gasteiger partial charge < -0.3 is 29.5 Å². The predicted octanol–water partition coefficient (Wildman–Crippen LogP) is 6.01. The number of amides is 1. The summed E-state index contributed by atoms with van der Waals surface area (Å²) >= 11 is 3.43. The highest BCUT2D eigenvalue weighted by atomic mass is 79.9. The molecule has 12 nitrogen and oxygen atoms in total. The first-order chi connectivity index (χ1) is 21.3. The summed E-state index contributed by atoms with van der Waals surface area (Å²) in [5.74, 6) is 0.466. The van der Waals surface area contributed by atoms with Crippen molar-refractivity contribution in [2.75, 3.05) is 62.9 Å². The average molecular weight is 703 g/mol. The Morgan fingerprint density at radius 2 is 1.76 bits per heavy atom. The lowest BCUT2D eigenvalue weighted by molar-refractivity contribution is -0.384. The Labute approximate surface area is 270 Å². The molecule has 14 heteroatoms. The quantitative estimate of drug-likeness (QED) is 0.155. The number of hydrogen-bond donors (Lipinski definition) is 2. The highest BCUT2D eigenvalue weighted by Gasteiger charge is 2.44. The number of carbonyl (C=O) groups is 1. The number of benzene rings is 3. The molecule has 0 radical (unpaired) electrons. The number of fused-ring (bicyclic) bond motifs is 1. The van der Waals surface area contributed by atoms with Gasteiger partial charge in [0, 0.05) is 59.5 Å². The van der Waals surface area contributed by atoms with E-state index in [0.29, 0.717) is 64.5 Å². The first-order valence-corrected chi connectivity index (χ1v) is 16.9. The largest absolute Gasteiger partial charge is 0.493 e. The van der Waals surface area contributed by atoms with Gasteiger partial charge in [-0.15, -0.1) is 0 Å². The highest BCUT2D eigenvalue weighted by molar-refractivity contribution is 9.10. The molecule has 2 unspecified atom stereocenters. The number of nitro benzene ring substituents is 1. The van der Waals surface area contributed by atoms with Gasteiger partial charge in [-0.1, -0.05) is 13.8 Å². The summed E-state index contributed by atoms with van der Waals surface area (Å²) in [6.45, 7) is 7.91. The van der Waals surface area contributed by atoms with Crippen LogP contribution < -0.4 is 30.1 Å². The number of anilines is 3. The number of nitrogens with one attached hydrogen (secondary N) is 2. The second-order valence-electron chi connectivity index (χ2n) is 11.6. The van der Waals surface area contributed by atoms with Crippen LogP contribution >= 0.6 is 23.4 Å². The molecular formula is C31H37BrN5O7P. The van der Waals surface area contributed by atoms with E-state index in [2.05, 4.69) is 52.0 Å². The molecule has 0 spiro atoms. The number of likely N-dealkylation sites (N-methyl/N-ethyl adjacent to an activating group) is 1. The minimum atomic E-state index is -3.75. The third-order valence-electron chi connectivity index (χ3n) is 8.86. The number of hydrogen-bond acceptors (Lipinski definition) is 8. The van der Waals surface area contributed by atoms with E-state index in [1.165, 1.54) is 32.4 Å². The van der Waals surface area contributed by atoms with E-state index in [0.717, 1.165) is 11.3 Å². The van der Waals surface area contributed by atoms with Gasteiger partial charge in [-0.3, -0.25) is 19.5 Å². The average Bonchev–Trinajstić information content (AvgIpc) is 3.20. The van der Waals surface area contributed by atoms with Crippen molar-refractivity contribution >= 4 is 57.3 Å². The Bertz CT molecular complexity index is 1690. The number of rotatable bonds is 9. The maximum absolute atomic E-state index is 15.6. The minimum Gasteiger partial charge on any atom is -0.493 e. The Morgan fingerprint density at radius 1 is 1.07 bits per heavy atom. The Kier molecular flexibility index (Phi) is 9.19. The van der Waals surface area contributed by atoms with Crippen LogP contribution in [0.2, 0.25) is 0 Å². The zero-order valence-corrected chi connectivity index (χ0v) is 28.5. The number of non-ortho nitro benzene ring substituents is 1. The van der Waals surface area contributed by atoms with E-state index in [9.17, 15) is 14.9 Å². The zero-order valence-electron chi connectivity index (χ0n) is 26.0. The predicted molar refractivity (Wildman–Crippen MR) is 179 cm³/mol. The van der Waals surface area contributed by atoms with Crippen molar-refractivity contribution in [1.29, 1.82) is 0 Å². The van der Waals surface area contributed by atoms with E-state index in [1.54, 1.807) is 18.2 Å². The summed E-state index contributed by atoms with van der Waals surface area (Å²) < 4.78 is 34.2. The van der Waals surface area contributed by atoms with Crippen LogP contribution in [0.5, 0.6) is 11.5 Å². The molecular weight excluding hydrogens is 665 g/mol. The highest BCUT2D eigenvalue weighted by Crippen LogP contribution is 2.54. The fraction of sp³-hybridized carbons (Fsp3) is 0.387. The smallest absolute Gasteiger partial charge is 0.270 e. The van der Waals surface area contributed by atoms with Crippen LogP contribution in [0.15, 0.2) is 53.0 Å². The lowest BCUT2D eigenvalue weighted by Gasteiger charge is -2.37. The summed E-state index contributed by atoms with van der Waals surface area (Å²) in [5, 5.41) is 18.1. The molecule has 2 atom stereocenters. The van der Waals surface area contributed by atoms with Crippen LogP contribution in [0.4, 0.5) is 22.7 Å². The van der Waals surface area contributed by atoms with Gasteiger partial charge in [0.2, 0.25) is 0 Å². The Morgan fingerprint density at radius 3 is 2.38 bits per heavy atom. The molecule has 3 aromatic carbocycles. The number of ether oxygens (including phenoxy) is 3. The Hall–Kier alpha value is -3.64. The Balaban J connectivity index is 1.68. The number of nitro groups is 1. The molecule has 0 aliphatic carbocycles. The normalized spacial score (nSPS) is 18.9. The molecule has 240 valence electrons. The monoisotopic (exact) mass is 701 g/mol. The molecule has 2 heterocycles. The van der Waals surface area contributed by atoms with Crippen LogP contribution in [0.25, 0.3) is 0 Å². The first kappa shape index (κ1) is 32.7. The molecule has 1 fully saturated rings. The minimum absolute atomic E-state index is 0.104. The second-order valence-corrected chi connectivity index (χ2v) is 14.9. The third kappa shape index (κ3) is 6.02. The van der Waals surface area contributed by atoms with Crippen molar-refractivity contribution in [3.05, 3.63) is 74.2 Å². The molecule has 45 heavy (non-hydrogen) atoms. The third-order valence-corrected chi connectivity index (χ3v) is 12.3. The van der Waals surface area contributed by atoms with Crippen molar-refractivity contribution < 1.29 is 28.5 Å². The van der Waals surface area contributed by atoms with Gasteiger partial charge in [-0.2, -0.15) is 0 Å². The van der Waals surface area contributed by atoms with Gasteiger partial charge in [0.1, 0.15) is 0 Å². The fourth-order valence-electron chi connectivity index (χ4n) is 5.82. The number of morpholine rings is 1. The maximum Gasteiger partial charge on any atom is 0.270 e. The number of carbonyl (C=O) groups excluding carboxylic acids is 1. The van der Waals surface area contributed by atoms with Gasteiger partial charge in [-0.25, -0.2) is 4.67 Å². The molecule has 1 saturated heterocycles. The summed E-state index contributed by atoms with van der Waals surface area (Å²) in [5.41, 5.74) is 2.64. The standard InChI is InChI=1S/C31H37BrN5O7P/c1-19-31(2,3)22-17-29(25(18-26(22)35(19)4)33-30(38)20-7-10-27(42-5)28(15-20)43-6)45(41,36-11-13-44-14-12-36)34-24-9-8-21(37(39)40)16-23(24)32/h7-10,15-19H,11-14H2,1-6H3,(H,33,38)(H,34,41). The van der Waals surface area contributed by atoms with Crippen LogP contribution in [0, 0.1) is 10.1 Å². The SMILES string of the molecule is COc1ccc(C(=O)Nc2cc3c(cc2P(=O)(Nc2ccc([N+](=O)[O-])cc2Br)N2CCOCC2)C(C)(C)C(C)N3C)cc1OC. The van der Waals surface area contributed by atoms with Crippen LogP contribution in [-0.4, -0.2) is 69.1 Å². The lowest BCUT2D eigenvalue weighted by Crippen LogP contribution is -2.40. The van der Waals surface area contributed by atoms with Gasteiger partial charge in [0.05, 0.1) is 49.0 Å². The van der Waals surface area contributed by atoms with E-state index in [-0.39, 0.29) is 17.1 Å². The number of halogens is 1. The molecule has 2 N–H and O–H groups in total. The molecule has 2 aliphatic rings. The molecule has 0 bridgehead atoms.